The predicted octanol–water partition coefficient (Wildman–Crippen LogP) is 2.72. The first kappa shape index (κ1) is 17.7. The molecule has 1 amide bonds. The average Bonchev–Trinajstić information content (AvgIpc) is 2.62. The van der Waals surface area contributed by atoms with Crippen molar-refractivity contribution in [2.24, 2.45) is 0 Å². The lowest BCUT2D eigenvalue weighted by Crippen LogP contribution is -2.35. The number of hydrogen-bond acceptors (Lipinski definition) is 4. The van der Waals surface area contributed by atoms with Crippen LogP contribution in [0.4, 0.5) is 5.69 Å². The smallest absolute Gasteiger partial charge is 0.258 e. The van der Waals surface area contributed by atoms with Gasteiger partial charge in [-0.3, -0.25) is 4.79 Å². The summed E-state index contributed by atoms with van der Waals surface area (Å²) in [5.74, 6) is 1.08. The maximum absolute atomic E-state index is 11.9. The molecule has 1 N–H and O–H groups in total. The highest BCUT2D eigenvalue weighted by atomic mass is 16.5. The highest BCUT2D eigenvalue weighted by Crippen LogP contribution is 2.26. The number of carbonyl (C=O) groups excluding carboxylic acids is 1. The lowest BCUT2D eigenvalue weighted by atomic mass is 10.3. The van der Waals surface area contributed by atoms with Gasteiger partial charge >= 0.3 is 0 Å². The van der Waals surface area contributed by atoms with Crippen LogP contribution in [0.1, 0.15) is 6.92 Å². The van der Waals surface area contributed by atoms with Crippen molar-refractivity contribution in [2.45, 2.75) is 6.92 Å². The summed E-state index contributed by atoms with van der Waals surface area (Å²) in [7, 11) is 2.00. The molecule has 0 aromatic heterocycles. The van der Waals surface area contributed by atoms with Crippen LogP contribution in [-0.2, 0) is 4.79 Å². The second-order valence-corrected chi connectivity index (χ2v) is 5.28. The number of carbonyl (C=O) groups is 1. The van der Waals surface area contributed by atoms with Crippen LogP contribution in [0, 0.1) is 0 Å². The molecule has 2 aromatic carbocycles. The first-order valence-electron chi connectivity index (χ1n) is 8.08. The van der Waals surface area contributed by atoms with E-state index in [1.54, 1.807) is 6.07 Å². The lowest BCUT2D eigenvalue weighted by Gasteiger charge is -2.19. The van der Waals surface area contributed by atoms with Crippen molar-refractivity contribution in [3.63, 3.8) is 0 Å². The molecule has 0 fully saturated rings. The minimum atomic E-state index is -0.150. The van der Waals surface area contributed by atoms with Gasteiger partial charge in [0, 0.05) is 25.8 Å². The van der Waals surface area contributed by atoms with Gasteiger partial charge in [0.15, 0.2) is 18.1 Å². The fourth-order valence-corrected chi connectivity index (χ4v) is 2.21. The van der Waals surface area contributed by atoms with Gasteiger partial charge in [-0.15, -0.1) is 0 Å². The van der Waals surface area contributed by atoms with Crippen LogP contribution >= 0.6 is 0 Å². The van der Waals surface area contributed by atoms with Crippen LogP contribution in [-0.4, -0.2) is 39.3 Å². The van der Waals surface area contributed by atoms with Gasteiger partial charge in [-0.25, -0.2) is 0 Å². The van der Waals surface area contributed by atoms with E-state index in [4.69, 9.17) is 9.47 Å². The molecule has 0 bridgehead atoms. The second-order valence-electron chi connectivity index (χ2n) is 5.28. The summed E-state index contributed by atoms with van der Waals surface area (Å²) in [5.41, 5.74) is 1.12. The summed E-state index contributed by atoms with van der Waals surface area (Å²) < 4.78 is 11.0. The number of likely N-dealkylation sites (N-methyl/N-ethyl adjacent to an activating group) is 1. The summed E-state index contributed by atoms with van der Waals surface area (Å²) >= 11 is 0. The number of ether oxygens (including phenoxy) is 2. The zero-order valence-electron chi connectivity index (χ0n) is 14.2. The molecule has 0 atom stereocenters. The molecule has 5 heteroatoms. The van der Waals surface area contributed by atoms with E-state index in [9.17, 15) is 4.79 Å². The molecule has 0 aliphatic rings. The van der Waals surface area contributed by atoms with Crippen molar-refractivity contribution < 1.29 is 14.3 Å². The van der Waals surface area contributed by atoms with E-state index in [2.05, 4.69) is 10.2 Å². The first-order valence-corrected chi connectivity index (χ1v) is 8.08. The highest BCUT2D eigenvalue weighted by molar-refractivity contribution is 5.77. The van der Waals surface area contributed by atoms with E-state index in [1.807, 2.05) is 62.5 Å². The van der Waals surface area contributed by atoms with Gasteiger partial charge in [-0.05, 0) is 31.2 Å². The molecule has 128 valence electrons. The molecule has 0 saturated carbocycles. The Kier molecular flexibility index (Phi) is 6.95. The van der Waals surface area contributed by atoms with Gasteiger partial charge < -0.3 is 19.7 Å². The lowest BCUT2D eigenvalue weighted by molar-refractivity contribution is -0.123. The number of anilines is 1. The Morgan fingerprint density at radius 1 is 1.00 bits per heavy atom. The average molecular weight is 328 g/mol. The molecule has 0 spiro atoms. The zero-order valence-corrected chi connectivity index (χ0v) is 14.2. The third-order valence-corrected chi connectivity index (χ3v) is 3.47. The predicted molar refractivity (Wildman–Crippen MR) is 95.8 cm³/mol. The van der Waals surface area contributed by atoms with Gasteiger partial charge in [-0.2, -0.15) is 0 Å². The van der Waals surface area contributed by atoms with Crippen LogP contribution in [0.15, 0.2) is 54.6 Å². The molecule has 0 saturated heterocycles. The van der Waals surface area contributed by atoms with E-state index >= 15 is 0 Å². The zero-order chi connectivity index (χ0) is 17.2. The Balaban J connectivity index is 1.72. The molecular formula is C19H24N2O3. The fraction of sp³-hybridized carbons (Fsp3) is 0.316. The van der Waals surface area contributed by atoms with Gasteiger partial charge in [0.25, 0.3) is 5.91 Å². The third-order valence-electron chi connectivity index (χ3n) is 3.47. The van der Waals surface area contributed by atoms with Crippen LogP contribution in [0.25, 0.3) is 0 Å². The first-order chi connectivity index (χ1) is 11.7. The van der Waals surface area contributed by atoms with E-state index in [0.717, 1.165) is 12.2 Å². The Labute approximate surface area is 143 Å². The van der Waals surface area contributed by atoms with Crippen LogP contribution in [0.2, 0.25) is 0 Å². The number of amides is 1. The number of nitrogens with zero attached hydrogens (tertiary/aromatic N) is 1. The van der Waals surface area contributed by atoms with Crippen molar-refractivity contribution in [2.75, 3.05) is 38.3 Å². The van der Waals surface area contributed by atoms with Crippen molar-refractivity contribution in [1.82, 2.24) is 5.32 Å². The van der Waals surface area contributed by atoms with E-state index < -0.39 is 0 Å². The van der Waals surface area contributed by atoms with E-state index in [1.165, 1.54) is 0 Å². The molecule has 5 nitrogen and oxygen atoms in total. The molecule has 0 aliphatic heterocycles. The van der Waals surface area contributed by atoms with Crippen LogP contribution < -0.4 is 19.7 Å². The van der Waals surface area contributed by atoms with Crippen molar-refractivity contribution in [3.8, 4) is 11.5 Å². The molecule has 0 heterocycles. The normalized spacial score (nSPS) is 10.1. The largest absolute Gasteiger partial charge is 0.490 e. The summed E-state index contributed by atoms with van der Waals surface area (Å²) in [6.45, 7) is 3.72. The third kappa shape index (κ3) is 5.50. The molecular weight excluding hydrogens is 304 g/mol. The monoisotopic (exact) mass is 328 g/mol. The maximum Gasteiger partial charge on any atom is 0.258 e. The Morgan fingerprint density at radius 3 is 2.29 bits per heavy atom. The topological polar surface area (TPSA) is 50.8 Å². The van der Waals surface area contributed by atoms with Gasteiger partial charge in [0.2, 0.25) is 0 Å². The number of benzene rings is 2. The molecule has 2 rings (SSSR count). The van der Waals surface area contributed by atoms with Gasteiger partial charge in [0.1, 0.15) is 0 Å². The standard InChI is InChI=1S/C19H24N2O3/c1-3-23-17-11-7-8-12-18(17)24-15-19(22)20-13-14-21(2)16-9-5-4-6-10-16/h4-12H,3,13-15H2,1-2H3,(H,20,22). The number of hydrogen-bond donors (Lipinski definition) is 1. The Morgan fingerprint density at radius 2 is 1.62 bits per heavy atom. The second kappa shape index (κ2) is 9.45. The Bertz CT molecular complexity index is 632. The minimum absolute atomic E-state index is 0.0286. The van der Waals surface area contributed by atoms with Gasteiger partial charge in [0.05, 0.1) is 6.61 Å². The molecule has 24 heavy (non-hydrogen) atoms. The van der Waals surface area contributed by atoms with Crippen molar-refractivity contribution in [3.05, 3.63) is 54.6 Å². The van der Waals surface area contributed by atoms with Crippen LogP contribution in [0.5, 0.6) is 11.5 Å². The van der Waals surface area contributed by atoms with Crippen molar-refractivity contribution in [1.29, 1.82) is 0 Å². The number of nitrogens with one attached hydrogen (secondary N) is 1. The summed E-state index contributed by atoms with van der Waals surface area (Å²) in [5, 5.41) is 2.86. The van der Waals surface area contributed by atoms with Gasteiger partial charge in [-0.1, -0.05) is 30.3 Å². The quantitative estimate of drug-likeness (QED) is 0.769. The Hall–Kier alpha value is -2.69. The fourth-order valence-electron chi connectivity index (χ4n) is 2.21. The maximum atomic E-state index is 11.9. The SMILES string of the molecule is CCOc1ccccc1OCC(=O)NCCN(C)c1ccccc1. The molecule has 0 radical (unpaired) electrons. The number of para-hydroxylation sites is 3. The summed E-state index contributed by atoms with van der Waals surface area (Å²) in [4.78, 5) is 14.0. The van der Waals surface area contributed by atoms with Crippen LogP contribution in [0.3, 0.4) is 0 Å². The molecule has 0 aliphatic carbocycles. The summed E-state index contributed by atoms with van der Waals surface area (Å²) in [6, 6.07) is 17.4. The number of rotatable bonds is 9. The van der Waals surface area contributed by atoms with E-state index in [0.29, 0.717) is 24.7 Å². The molecule has 0 unspecified atom stereocenters. The molecule has 2 aromatic rings. The summed E-state index contributed by atoms with van der Waals surface area (Å²) in [6.07, 6.45) is 0. The van der Waals surface area contributed by atoms with Crippen molar-refractivity contribution >= 4 is 11.6 Å². The minimum Gasteiger partial charge on any atom is -0.490 e. The highest BCUT2D eigenvalue weighted by Gasteiger charge is 2.07. The van der Waals surface area contributed by atoms with E-state index in [-0.39, 0.29) is 12.5 Å².